The number of aromatic amines is 2. The molecule has 0 radical (unpaired) electrons. The highest BCUT2D eigenvalue weighted by atomic mass is 32.2. The molecule has 0 aliphatic rings. The molecule has 2 heterocycles. The SMILES string of the molecule is NC(=O)c1nc2cc(NS(=O)(=O)c3ccccc3)cc(C(=O)Nc3ncc[nH]3)c2[nH]1. The highest BCUT2D eigenvalue weighted by Crippen LogP contribution is 2.25. The first-order valence-corrected chi connectivity index (χ1v) is 10.0. The van der Waals surface area contributed by atoms with E-state index < -0.39 is 21.8 Å². The van der Waals surface area contributed by atoms with E-state index in [4.69, 9.17) is 5.73 Å². The minimum atomic E-state index is -3.91. The van der Waals surface area contributed by atoms with Crippen LogP contribution in [0, 0.1) is 0 Å². The van der Waals surface area contributed by atoms with Crippen LogP contribution in [0.4, 0.5) is 11.6 Å². The lowest BCUT2D eigenvalue weighted by Crippen LogP contribution is -2.16. The van der Waals surface area contributed by atoms with Gasteiger partial charge in [-0.3, -0.25) is 19.6 Å². The Kier molecular flexibility index (Phi) is 4.68. The Morgan fingerprint density at radius 1 is 1.10 bits per heavy atom. The average Bonchev–Trinajstić information content (AvgIpc) is 3.37. The Morgan fingerprint density at radius 3 is 2.53 bits per heavy atom. The van der Waals surface area contributed by atoms with Crippen molar-refractivity contribution in [3.05, 3.63) is 66.2 Å². The first kappa shape index (κ1) is 19.1. The molecule has 0 saturated heterocycles. The lowest BCUT2D eigenvalue weighted by molar-refractivity contribution is 0.0989. The molecule has 4 rings (SSSR count). The number of sulfonamides is 1. The summed E-state index contributed by atoms with van der Waals surface area (Å²) in [6.07, 6.45) is 2.98. The van der Waals surface area contributed by atoms with Gasteiger partial charge in [0.25, 0.3) is 21.8 Å². The predicted octanol–water partition coefficient (Wildman–Crippen LogP) is 1.44. The van der Waals surface area contributed by atoms with E-state index in [2.05, 4.69) is 30.0 Å². The molecule has 4 aromatic rings. The molecule has 2 amide bonds. The number of hydrogen-bond acceptors (Lipinski definition) is 6. The Hall–Kier alpha value is -4.19. The van der Waals surface area contributed by atoms with Gasteiger partial charge in [0, 0.05) is 12.4 Å². The fraction of sp³-hybridized carbons (Fsp3) is 0. The molecule has 0 unspecified atom stereocenters. The number of primary amides is 1. The molecule has 11 nitrogen and oxygen atoms in total. The minimum absolute atomic E-state index is 0.0367. The normalized spacial score (nSPS) is 11.3. The molecule has 30 heavy (non-hydrogen) atoms. The van der Waals surface area contributed by atoms with Crippen molar-refractivity contribution in [2.24, 2.45) is 5.73 Å². The third-order valence-corrected chi connectivity index (χ3v) is 5.50. The maximum Gasteiger partial charge on any atom is 0.284 e. The van der Waals surface area contributed by atoms with Crippen molar-refractivity contribution in [3.8, 4) is 0 Å². The first-order valence-electron chi connectivity index (χ1n) is 8.55. The van der Waals surface area contributed by atoms with Gasteiger partial charge in [-0.05, 0) is 24.3 Å². The number of nitrogens with zero attached hydrogens (tertiary/aromatic N) is 2. The van der Waals surface area contributed by atoms with E-state index in [1.54, 1.807) is 18.2 Å². The van der Waals surface area contributed by atoms with Crippen LogP contribution in [-0.2, 0) is 10.0 Å². The number of rotatable bonds is 6. The van der Waals surface area contributed by atoms with Gasteiger partial charge in [-0.25, -0.2) is 18.4 Å². The van der Waals surface area contributed by atoms with E-state index in [0.717, 1.165) is 0 Å². The number of hydrogen-bond donors (Lipinski definition) is 5. The van der Waals surface area contributed by atoms with Gasteiger partial charge in [0.1, 0.15) is 0 Å². The van der Waals surface area contributed by atoms with E-state index in [1.807, 2.05) is 0 Å². The second-order valence-corrected chi connectivity index (χ2v) is 7.86. The van der Waals surface area contributed by atoms with Crippen LogP contribution in [0.2, 0.25) is 0 Å². The zero-order valence-electron chi connectivity index (χ0n) is 15.2. The van der Waals surface area contributed by atoms with E-state index >= 15 is 0 Å². The van der Waals surface area contributed by atoms with Crippen molar-refractivity contribution >= 4 is 44.5 Å². The summed E-state index contributed by atoms with van der Waals surface area (Å²) in [7, 11) is -3.91. The van der Waals surface area contributed by atoms with E-state index in [1.165, 1.54) is 36.7 Å². The van der Waals surface area contributed by atoms with Gasteiger partial charge in [0.05, 0.1) is 27.2 Å². The maximum absolute atomic E-state index is 12.8. The number of carbonyl (C=O) groups excluding carboxylic acids is 2. The Bertz CT molecular complexity index is 1350. The summed E-state index contributed by atoms with van der Waals surface area (Å²) in [5.74, 6) is -1.40. The van der Waals surface area contributed by atoms with Gasteiger partial charge in [0.15, 0.2) is 5.82 Å². The lowest BCUT2D eigenvalue weighted by atomic mass is 10.1. The second kappa shape index (κ2) is 7.33. The predicted molar refractivity (Wildman–Crippen MR) is 108 cm³/mol. The average molecular weight is 425 g/mol. The smallest absolute Gasteiger partial charge is 0.284 e. The number of imidazole rings is 2. The summed E-state index contributed by atoms with van der Waals surface area (Å²) in [5, 5.41) is 2.54. The molecule has 0 saturated carbocycles. The summed E-state index contributed by atoms with van der Waals surface area (Å²) in [5.41, 5.74) is 5.79. The van der Waals surface area contributed by atoms with Crippen molar-refractivity contribution in [1.29, 1.82) is 0 Å². The van der Waals surface area contributed by atoms with Crippen molar-refractivity contribution < 1.29 is 18.0 Å². The van der Waals surface area contributed by atoms with Gasteiger partial charge < -0.3 is 15.7 Å². The van der Waals surface area contributed by atoms with Crippen molar-refractivity contribution in [3.63, 3.8) is 0 Å². The summed E-state index contributed by atoms with van der Waals surface area (Å²) < 4.78 is 27.7. The number of aromatic nitrogens is 4. The van der Waals surface area contributed by atoms with Gasteiger partial charge in [-0.1, -0.05) is 18.2 Å². The zero-order valence-corrected chi connectivity index (χ0v) is 16.0. The molecule has 2 aromatic carbocycles. The number of fused-ring (bicyclic) bond motifs is 1. The number of H-pyrrole nitrogens is 2. The quantitative estimate of drug-likeness (QED) is 0.312. The second-order valence-electron chi connectivity index (χ2n) is 6.18. The topological polar surface area (TPSA) is 176 Å². The monoisotopic (exact) mass is 425 g/mol. The number of amides is 2. The summed E-state index contributed by atoms with van der Waals surface area (Å²) >= 11 is 0. The van der Waals surface area contributed by atoms with Gasteiger partial charge in [-0.15, -0.1) is 0 Å². The van der Waals surface area contributed by atoms with Crippen LogP contribution in [0.5, 0.6) is 0 Å². The fourth-order valence-electron chi connectivity index (χ4n) is 2.79. The van der Waals surface area contributed by atoms with E-state index in [-0.39, 0.29) is 39.0 Å². The maximum atomic E-state index is 12.8. The van der Waals surface area contributed by atoms with Crippen LogP contribution < -0.4 is 15.8 Å². The number of nitrogens with one attached hydrogen (secondary N) is 4. The van der Waals surface area contributed by atoms with Crippen LogP contribution in [0.15, 0.2) is 59.8 Å². The molecule has 0 atom stereocenters. The highest BCUT2D eigenvalue weighted by Gasteiger charge is 2.20. The molecule has 2 aromatic heterocycles. The van der Waals surface area contributed by atoms with Crippen molar-refractivity contribution in [2.75, 3.05) is 10.0 Å². The van der Waals surface area contributed by atoms with Gasteiger partial charge >= 0.3 is 0 Å². The molecule has 6 N–H and O–H groups in total. The molecule has 0 fully saturated rings. The minimum Gasteiger partial charge on any atom is -0.363 e. The lowest BCUT2D eigenvalue weighted by Gasteiger charge is -2.10. The van der Waals surface area contributed by atoms with Crippen LogP contribution in [0.25, 0.3) is 11.0 Å². The number of anilines is 2. The zero-order chi connectivity index (χ0) is 21.3. The molecular weight excluding hydrogens is 410 g/mol. The summed E-state index contributed by atoms with van der Waals surface area (Å²) in [4.78, 5) is 37.7. The number of benzene rings is 2. The molecule has 0 aliphatic heterocycles. The third-order valence-electron chi connectivity index (χ3n) is 4.11. The summed E-state index contributed by atoms with van der Waals surface area (Å²) in [6, 6.07) is 10.5. The first-order chi connectivity index (χ1) is 14.3. The van der Waals surface area contributed by atoms with Gasteiger partial charge in [-0.2, -0.15) is 0 Å². The molecule has 0 bridgehead atoms. The molecule has 0 aliphatic carbocycles. The molecular formula is C18H15N7O4S. The van der Waals surface area contributed by atoms with E-state index in [0.29, 0.717) is 0 Å². The van der Waals surface area contributed by atoms with Crippen LogP contribution in [0.1, 0.15) is 21.0 Å². The van der Waals surface area contributed by atoms with Crippen LogP contribution >= 0.6 is 0 Å². The Morgan fingerprint density at radius 2 is 1.87 bits per heavy atom. The molecule has 0 spiro atoms. The van der Waals surface area contributed by atoms with Crippen molar-refractivity contribution in [2.45, 2.75) is 4.90 Å². The van der Waals surface area contributed by atoms with Crippen LogP contribution in [-0.4, -0.2) is 40.2 Å². The highest BCUT2D eigenvalue weighted by molar-refractivity contribution is 7.92. The Labute approximate surface area is 169 Å². The fourth-order valence-corrected chi connectivity index (χ4v) is 3.85. The number of nitrogens with two attached hydrogens (primary N) is 1. The summed E-state index contributed by atoms with van der Waals surface area (Å²) in [6.45, 7) is 0. The van der Waals surface area contributed by atoms with Crippen LogP contribution in [0.3, 0.4) is 0 Å². The molecule has 12 heteroatoms. The Balaban J connectivity index is 1.79. The standard InChI is InChI=1S/C18H15N7O4S/c19-15(26)16-22-13-9-10(25-30(28,29)11-4-2-1-3-5-11)8-12(14(13)23-16)17(27)24-18-20-6-7-21-18/h1-9,25H,(H2,19,26)(H,22,23)(H2,20,21,24,27). The van der Waals surface area contributed by atoms with E-state index in [9.17, 15) is 18.0 Å². The third kappa shape index (κ3) is 3.71. The van der Waals surface area contributed by atoms with Crippen molar-refractivity contribution in [1.82, 2.24) is 19.9 Å². The molecule has 152 valence electrons. The largest absolute Gasteiger partial charge is 0.363 e. The number of carbonyl (C=O) groups is 2. The van der Waals surface area contributed by atoms with Gasteiger partial charge in [0.2, 0.25) is 5.95 Å².